The predicted octanol–water partition coefficient (Wildman–Crippen LogP) is 4.42. The number of hydrogen-bond acceptors (Lipinski definition) is 2. The van der Waals surface area contributed by atoms with E-state index in [1.165, 1.54) is 4.90 Å². The van der Waals surface area contributed by atoms with Crippen molar-refractivity contribution in [2.45, 2.75) is 36.3 Å². The Morgan fingerprint density at radius 3 is 2.59 bits per heavy atom. The molecular formula is C15H17NS. The molecule has 0 aromatic heterocycles. The zero-order valence-electron chi connectivity index (χ0n) is 10.4. The van der Waals surface area contributed by atoms with Gasteiger partial charge in [0.1, 0.15) is 0 Å². The maximum Gasteiger partial charge on any atom is 0.0713 e. The van der Waals surface area contributed by atoms with E-state index in [2.05, 4.69) is 31.7 Å². The number of thioether (sulfide) groups is 1. The van der Waals surface area contributed by atoms with Crippen LogP contribution in [-0.2, 0) is 0 Å². The van der Waals surface area contributed by atoms with Crippen molar-refractivity contribution in [2.24, 2.45) is 5.41 Å². The van der Waals surface area contributed by atoms with Gasteiger partial charge in [-0.25, -0.2) is 0 Å². The SMILES string of the molecule is C=C(C)C[C@@]1(Sc2ccccc2)C[C@]1(C)C#N. The van der Waals surface area contributed by atoms with Crippen LogP contribution in [0, 0.1) is 16.7 Å². The Morgan fingerprint density at radius 2 is 2.12 bits per heavy atom. The van der Waals surface area contributed by atoms with E-state index in [9.17, 15) is 5.26 Å². The lowest BCUT2D eigenvalue weighted by Crippen LogP contribution is -2.13. The summed E-state index contributed by atoms with van der Waals surface area (Å²) in [6.45, 7) is 8.11. The van der Waals surface area contributed by atoms with Crippen LogP contribution in [0.4, 0.5) is 0 Å². The summed E-state index contributed by atoms with van der Waals surface area (Å²) in [6, 6.07) is 12.8. The van der Waals surface area contributed by atoms with Crippen LogP contribution in [0.5, 0.6) is 0 Å². The van der Waals surface area contributed by atoms with Gasteiger partial charge in [0.15, 0.2) is 0 Å². The van der Waals surface area contributed by atoms with Gasteiger partial charge in [0.25, 0.3) is 0 Å². The van der Waals surface area contributed by atoms with E-state index >= 15 is 0 Å². The molecule has 0 aliphatic heterocycles. The molecule has 0 spiro atoms. The van der Waals surface area contributed by atoms with Crippen molar-refractivity contribution in [3.63, 3.8) is 0 Å². The van der Waals surface area contributed by atoms with E-state index in [0.29, 0.717) is 0 Å². The fraction of sp³-hybridized carbons (Fsp3) is 0.400. The first-order valence-electron chi connectivity index (χ1n) is 5.81. The molecule has 1 aliphatic rings. The summed E-state index contributed by atoms with van der Waals surface area (Å²) in [4.78, 5) is 1.24. The van der Waals surface area contributed by atoms with Crippen LogP contribution in [0.15, 0.2) is 47.4 Å². The zero-order chi connectivity index (χ0) is 12.5. The summed E-state index contributed by atoms with van der Waals surface area (Å²) in [5, 5.41) is 9.30. The van der Waals surface area contributed by atoms with Crippen molar-refractivity contribution in [3.05, 3.63) is 42.5 Å². The molecule has 2 heteroatoms. The molecule has 0 N–H and O–H groups in total. The highest BCUT2D eigenvalue weighted by atomic mass is 32.2. The minimum Gasteiger partial charge on any atom is -0.198 e. The normalized spacial score (nSPS) is 30.6. The number of allylic oxidation sites excluding steroid dienone is 1. The molecule has 1 aliphatic carbocycles. The highest BCUT2D eigenvalue weighted by Gasteiger charge is 2.65. The summed E-state index contributed by atoms with van der Waals surface area (Å²) >= 11 is 1.83. The first-order valence-corrected chi connectivity index (χ1v) is 6.63. The Balaban J connectivity index is 2.21. The third-order valence-electron chi connectivity index (χ3n) is 3.41. The van der Waals surface area contributed by atoms with Gasteiger partial charge in [-0.3, -0.25) is 0 Å². The van der Waals surface area contributed by atoms with Crippen molar-refractivity contribution in [1.29, 1.82) is 5.26 Å². The lowest BCUT2D eigenvalue weighted by molar-refractivity contribution is 0.669. The van der Waals surface area contributed by atoms with Crippen LogP contribution in [-0.4, -0.2) is 4.75 Å². The molecule has 1 aromatic carbocycles. The maximum absolute atomic E-state index is 9.30. The van der Waals surface area contributed by atoms with Crippen molar-refractivity contribution >= 4 is 11.8 Å². The third kappa shape index (κ3) is 2.25. The highest BCUT2D eigenvalue weighted by molar-refractivity contribution is 8.01. The molecule has 1 fully saturated rings. The third-order valence-corrected chi connectivity index (χ3v) is 5.05. The lowest BCUT2D eigenvalue weighted by atomic mass is 10.0. The molecule has 0 bridgehead atoms. The van der Waals surface area contributed by atoms with E-state index < -0.39 is 0 Å². The predicted molar refractivity (Wildman–Crippen MR) is 72.8 cm³/mol. The average Bonchev–Trinajstić information content (AvgIpc) is 2.84. The molecule has 2 atom stereocenters. The number of nitriles is 1. The fourth-order valence-corrected chi connectivity index (χ4v) is 4.01. The molecule has 1 nitrogen and oxygen atoms in total. The Bertz CT molecular complexity index is 473. The summed E-state index contributed by atoms with van der Waals surface area (Å²) < 4.78 is 0.0366. The van der Waals surface area contributed by atoms with Crippen LogP contribution in [0.3, 0.4) is 0 Å². The van der Waals surface area contributed by atoms with Gasteiger partial charge in [0.05, 0.1) is 11.5 Å². The van der Waals surface area contributed by atoms with Gasteiger partial charge in [-0.05, 0) is 38.8 Å². The molecule has 0 amide bonds. The van der Waals surface area contributed by atoms with Gasteiger partial charge < -0.3 is 0 Å². The van der Waals surface area contributed by atoms with Gasteiger partial charge in [0, 0.05) is 9.64 Å². The van der Waals surface area contributed by atoms with E-state index in [0.717, 1.165) is 18.4 Å². The van der Waals surface area contributed by atoms with Gasteiger partial charge in [0.2, 0.25) is 0 Å². The van der Waals surface area contributed by atoms with Gasteiger partial charge in [-0.2, -0.15) is 5.26 Å². The second-order valence-corrected chi connectivity index (χ2v) is 6.62. The highest BCUT2D eigenvalue weighted by Crippen LogP contribution is 2.68. The summed E-state index contributed by atoms with van der Waals surface area (Å²) in [5.41, 5.74) is 0.958. The smallest absolute Gasteiger partial charge is 0.0713 e. The molecule has 0 heterocycles. The number of nitrogens with zero attached hydrogens (tertiary/aromatic N) is 1. The Morgan fingerprint density at radius 1 is 1.47 bits per heavy atom. The molecule has 17 heavy (non-hydrogen) atoms. The van der Waals surface area contributed by atoms with Crippen LogP contribution in [0.1, 0.15) is 26.7 Å². The molecule has 0 unspecified atom stereocenters. The lowest BCUT2D eigenvalue weighted by Gasteiger charge is -2.18. The topological polar surface area (TPSA) is 23.8 Å². The van der Waals surface area contributed by atoms with Gasteiger partial charge in [-0.1, -0.05) is 23.8 Å². The summed E-state index contributed by atoms with van der Waals surface area (Å²) in [7, 11) is 0. The van der Waals surface area contributed by atoms with E-state index in [1.807, 2.05) is 36.9 Å². The van der Waals surface area contributed by atoms with E-state index in [1.54, 1.807) is 0 Å². The van der Waals surface area contributed by atoms with Crippen molar-refractivity contribution in [3.8, 4) is 6.07 Å². The second-order valence-electron chi connectivity index (χ2n) is 5.16. The Kier molecular flexibility index (Phi) is 3.05. The van der Waals surface area contributed by atoms with Crippen LogP contribution in [0.25, 0.3) is 0 Å². The van der Waals surface area contributed by atoms with Gasteiger partial charge >= 0.3 is 0 Å². The first-order chi connectivity index (χ1) is 8.01. The average molecular weight is 243 g/mol. The zero-order valence-corrected chi connectivity index (χ0v) is 11.2. The molecule has 2 rings (SSSR count). The van der Waals surface area contributed by atoms with Crippen molar-refractivity contribution < 1.29 is 0 Å². The Hall–Kier alpha value is -1.20. The second kappa shape index (κ2) is 4.23. The molecular weight excluding hydrogens is 226 g/mol. The van der Waals surface area contributed by atoms with Crippen molar-refractivity contribution in [1.82, 2.24) is 0 Å². The first kappa shape index (κ1) is 12.3. The number of hydrogen-bond donors (Lipinski definition) is 0. The van der Waals surface area contributed by atoms with Crippen LogP contribution < -0.4 is 0 Å². The minimum absolute atomic E-state index is 0.0366. The fourth-order valence-electron chi connectivity index (χ4n) is 2.31. The quantitative estimate of drug-likeness (QED) is 0.731. The van der Waals surface area contributed by atoms with Crippen LogP contribution in [0.2, 0.25) is 0 Å². The number of rotatable bonds is 4. The van der Waals surface area contributed by atoms with Crippen molar-refractivity contribution in [2.75, 3.05) is 0 Å². The summed E-state index contributed by atoms with van der Waals surface area (Å²) in [5.74, 6) is 0. The minimum atomic E-state index is -0.202. The Labute approximate surface area is 108 Å². The molecule has 0 saturated heterocycles. The van der Waals surface area contributed by atoms with Gasteiger partial charge in [-0.15, -0.1) is 18.3 Å². The molecule has 88 valence electrons. The molecule has 0 radical (unpaired) electrons. The van der Waals surface area contributed by atoms with E-state index in [4.69, 9.17) is 0 Å². The van der Waals surface area contributed by atoms with Crippen LogP contribution >= 0.6 is 11.8 Å². The monoisotopic (exact) mass is 243 g/mol. The standard InChI is InChI=1S/C15H17NS/c1-12(2)9-15(10-14(15,3)11-16)17-13-7-5-4-6-8-13/h4-8H,1,9-10H2,2-3H3/t14-,15-/m1/s1. The summed E-state index contributed by atoms with van der Waals surface area (Å²) in [6.07, 6.45) is 1.89. The van der Waals surface area contributed by atoms with E-state index in [-0.39, 0.29) is 10.2 Å². The number of benzene rings is 1. The molecule has 1 saturated carbocycles. The largest absolute Gasteiger partial charge is 0.198 e. The maximum atomic E-state index is 9.30. The molecule has 1 aromatic rings.